The quantitative estimate of drug-likeness (QED) is 0.529. The Morgan fingerprint density at radius 1 is 1.29 bits per heavy atom. The molecule has 0 spiro atoms. The van der Waals surface area contributed by atoms with E-state index in [1.54, 1.807) is 30.5 Å². The van der Waals surface area contributed by atoms with Crippen molar-refractivity contribution in [2.45, 2.75) is 32.7 Å². The predicted molar refractivity (Wildman–Crippen MR) is 113 cm³/mol. The van der Waals surface area contributed by atoms with Crippen LogP contribution in [0.2, 0.25) is 0 Å². The van der Waals surface area contributed by atoms with Crippen LogP contribution < -0.4 is 0 Å². The molecule has 1 saturated heterocycles. The third kappa shape index (κ3) is 4.82. The third-order valence-corrected chi connectivity index (χ3v) is 5.71. The molecule has 3 aromatic rings. The van der Waals surface area contributed by atoms with Gasteiger partial charge in [-0.2, -0.15) is 0 Å². The number of rotatable bonds is 7. The maximum atomic E-state index is 14.1. The molecule has 0 radical (unpaired) electrons. The molecule has 1 fully saturated rings. The number of pyridine rings is 1. The number of hydrogen-bond acceptors (Lipinski definition) is 6. The van der Waals surface area contributed by atoms with Gasteiger partial charge in [-0.25, -0.2) is 4.39 Å². The maximum Gasteiger partial charge on any atom is 0.313 e. The average Bonchev–Trinajstić information content (AvgIpc) is 3.23. The Labute approximate surface area is 181 Å². The van der Waals surface area contributed by atoms with Crippen LogP contribution in [0.5, 0.6) is 0 Å². The average molecular weight is 423 g/mol. The number of esters is 1. The highest BCUT2D eigenvalue weighted by Gasteiger charge is 2.44. The fourth-order valence-corrected chi connectivity index (χ4v) is 4.30. The van der Waals surface area contributed by atoms with E-state index in [1.165, 1.54) is 6.07 Å². The van der Waals surface area contributed by atoms with E-state index in [9.17, 15) is 9.18 Å². The number of hydrogen-bond donors (Lipinski definition) is 0. The Hall–Kier alpha value is -3.06. The van der Waals surface area contributed by atoms with E-state index in [0.29, 0.717) is 49.6 Å². The van der Waals surface area contributed by atoms with Crippen molar-refractivity contribution in [2.75, 3.05) is 19.7 Å². The zero-order valence-electron chi connectivity index (χ0n) is 17.6. The summed E-state index contributed by atoms with van der Waals surface area (Å²) in [5.41, 5.74) is 1.17. The standard InChI is InChI=1S/C24H26FN3O3/c1-2-30-23(29)24(10-6-12-28(17-24)16-18-7-5-11-26-15-18)14-19-13-22(27-31-19)20-8-3-4-9-21(20)25/h3-5,7-9,11,13,15H,2,6,10,12,14,16-17H2,1H3. The monoisotopic (exact) mass is 423 g/mol. The van der Waals surface area contributed by atoms with Gasteiger partial charge in [-0.15, -0.1) is 0 Å². The summed E-state index contributed by atoms with van der Waals surface area (Å²) in [6, 6.07) is 12.1. The van der Waals surface area contributed by atoms with Gasteiger partial charge in [0.25, 0.3) is 0 Å². The molecule has 162 valence electrons. The number of likely N-dealkylation sites (tertiary alicyclic amines) is 1. The molecular weight excluding hydrogens is 397 g/mol. The van der Waals surface area contributed by atoms with Gasteiger partial charge in [-0.1, -0.05) is 23.4 Å². The van der Waals surface area contributed by atoms with Gasteiger partial charge in [0.15, 0.2) is 0 Å². The van der Waals surface area contributed by atoms with E-state index in [-0.39, 0.29) is 11.8 Å². The van der Waals surface area contributed by atoms with E-state index < -0.39 is 5.41 Å². The molecule has 0 bridgehead atoms. The lowest BCUT2D eigenvalue weighted by atomic mass is 9.76. The Balaban J connectivity index is 1.56. The second kappa shape index (κ2) is 9.39. The lowest BCUT2D eigenvalue weighted by Crippen LogP contribution is -2.49. The van der Waals surface area contributed by atoms with Crippen molar-refractivity contribution < 1.29 is 18.4 Å². The van der Waals surface area contributed by atoms with Gasteiger partial charge in [0.1, 0.15) is 17.3 Å². The topological polar surface area (TPSA) is 68.5 Å². The summed E-state index contributed by atoms with van der Waals surface area (Å²) in [7, 11) is 0. The van der Waals surface area contributed by atoms with Gasteiger partial charge in [-0.3, -0.25) is 14.7 Å². The van der Waals surface area contributed by atoms with Crippen LogP contribution >= 0.6 is 0 Å². The van der Waals surface area contributed by atoms with Crippen LogP contribution in [0.3, 0.4) is 0 Å². The largest absolute Gasteiger partial charge is 0.466 e. The first-order chi connectivity index (χ1) is 15.1. The molecule has 4 rings (SSSR count). The summed E-state index contributed by atoms with van der Waals surface area (Å²) in [6.07, 6.45) is 5.52. The van der Waals surface area contributed by atoms with Crippen molar-refractivity contribution in [3.63, 3.8) is 0 Å². The number of benzene rings is 1. The molecule has 0 amide bonds. The Morgan fingerprint density at radius 2 is 2.16 bits per heavy atom. The minimum absolute atomic E-state index is 0.227. The smallest absolute Gasteiger partial charge is 0.313 e. The molecule has 3 heterocycles. The molecule has 7 heteroatoms. The van der Waals surface area contributed by atoms with Gasteiger partial charge >= 0.3 is 5.97 Å². The molecule has 31 heavy (non-hydrogen) atoms. The number of carbonyl (C=O) groups is 1. The maximum absolute atomic E-state index is 14.1. The summed E-state index contributed by atoms with van der Waals surface area (Å²) in [5.74, 6) is -0.0352. The zero-order valence-corrected chi connectivity index (χ0v) is 17.6. The molecule has 1 aliphatic rings. The van der Waals surface area contributed by atoms with Crippen LogP contribution in [0.1, 0.15) is 31.1 Å². The molecule has 0 aliphatic carbocycles. The Bertz CT molecular complexity index is 1020. The number of aromatic nitrogens is 2. The molecule has 0 N–H and O–H groups in total. The second-order valence-electron chi connectivity index (χ2n) is 8.01. The van der Waals surface area contributed by atoms with Gasteiger partial charge in [0.05, 0.1) is 12.0 Å². The molecule has 2 aromatic heterocycles. The van der Waals surface area contributed by atoms with E-state index in [2.05, 4.69) is 15.0 Å². The van der Waals surface area contributed by atoms with Crippen LogP contribution in [0.15, 0.2) is 59.4 Å². The van der Waals surface area contributed by atoms with Gasteiger partial charge in [0.2, 0.25) is 0 Å². The number of piperidine rings is 1. The van der Waals surface area contributed by atoms with Crippen molar-refractivity contribution in [3.05, 3.63) is 72.0 Å². The summed E-state index contributed by atoms with van der Waals surface area (Å²) in [6.45, 7) is 4.29. The van der Waals surface area contributed by atoms with Crippen molar-refractivity contribution in [2.24, 2.45) is 5.41 Å². The second-order valence-corrected chi connectivity index (χ2v) is 8.01. The normalized spacial score (nSPS) is 19.3. The fourth-order valence-electron chi connectivity index (χ4n) is 4.30. The van der Waals surface area contributed by atoms with E-state index >= 15 is 0 Å². The van der Waals surface area contributed by atoms with Crippen molar-refractivity contribution >= 4 is 5.97 Å². The molecular formula is C24H26FN3O3. The van der Waals surface area contributed by atoms with Gasteiger partial charge in [0, 0.05) is 43.5 Å². The number of nitrogens with zero attached hydrogens (tertiary/aromatic N) is 3. The summed E-state index contributed by atoms with van der Waals surface area (Å²) < 4.78 is 25.1. The van der Waals surface area contributed by atoms with Crippen LogP contribution in [-0.2, 0) is 22.5 Å². The van der Waals surface area contributed by atoms with Crippen molar-refractivity contribution in [1.29, 1.82) is 0 Å². The van der Waals surface area contributed by atoms with Gasteiger partial charge in [-0.05, 0) is 50.1 Å². The fraction of sp³-hybridized carbons (Fsp3) is 0.375. The first-order valence-electron chi connectivity index (χ1n) is 10.6. The minimum Gasteiger partial charge on any atom is -0.466 e. The molecule has 1 aliphatic heterocycles. The van der Waals surface area contributed by atoms with E-state index in [0.717, 1.165) is 18.5 Å². The highest BCUT2D eigenvalue weighted by Crippen LogP contribution is 2.37. The summed E-state index contributed by atoms with van der Waals surface area (Å²) in [4.78, 5) is 19.5. The SMILES string of the molecule is CCOC(=O)C1(Cc2cc(-c3ccccc3F)no2)CCCN(Cc2cccnc2)C1. The molecule has 1 aromatic carbocycles. The lowest BCUT2D eigenvalue weighted by molar-refractivity contribution is -0.159. The van der Waals surface area contributed by atoms with Crippen LogP contribution in [0, 0.1) is 11.2 Å². The van der Waals surface area contributed by atoms with Crippen LogP contribution in [0.4, 0.5) is 4.39 Å². The third-order valence-electron chi connectivity index (χ3n) is 5.71. The Kier molecular flexibility index (Phi) is 6.42. The first-order valence-corrected chi connectivity index (χ1v) is 10.6. The lowest BCUT2D eigenvalue weighted by Gasteiger charge is -2.40. The summed E-state index contributed by atoms with van der Waals surface area (Å²) >= 11 is 0. The first kappa shape index (κ1) is 21.2. The zero-order chi connectivity index (χ0) is 21.7. The molecule has 1 atom stereocenters. The van der Waals surface area contributed by atoms with Crippen LogP contribution in [-0.4, -0.2) is 40.7 Å². The van der Waals surface area contributed by atoms with E-state index in [4.69, 9.17) is 9.26 Å². The Morgan fingerprint density at radius 3 is 2.94 bits per heavy atom. The predicted octanol–water partition coefficient (Wildman–Crippen LogP) is 4.26. The molecule has 1 unspecified atom stereocenters. The molecule has 6 nitrogen and oxygen atoms in total. The highest BCUT2D eigenvalue weighted by molar-refractivity contribution is 5.77. The number of carbonyl (C=O) groups excluding carboxylic acids is 1. The summed E-state index contributed by atoms with van der Waals surface area (Å²) in [5, 5.41) is 4.05. The van der Waals surface area contributed by atoms with E-state index in [1.807, 2.05) is 25.3 Å². The highest BCUT2D eigenvalue weighted by atomic mass is 19.1. The van der Waals surface area contributed by atoms with Crippen molar-refractivity contribution in [1.82, 2.24) is 15.0 Å². The minimum atomic E-state index is -0.734. The van der Waals surface area contributed by atoms with Crippen molar-refractivity contribution in [3.8, 4) is 11.3 Å². The number of halogens is 1. The number of ether oxygens (including phenoxy) is 1. The molecule has 0 saturated carbocycles. The van der Waals surface area contributed by atoms with Gasteiger partial charge < -0.3 is 9.26 Å². The van der Waals surface area contributed by atoms with Crippen LogP contribution in [0.25, 0.3) is 11.3 Å².